The minimum absolute atomic E-state index is 0.0172. The van der Waals surface area contributed by atoms with Gasteiger partial charge in [-0.3, -0.25) is 0 Å². The molecule has 0 radical (unpaired) electrons. The third-order valence-corrected chi connectivity index (χ3v) is 2.78. The van der Waals surface area contributed by atoms with Gasteiger partial charge in [-0.1, -0.05) is 20.8 Å². The number of nitrogens with zero attached hydrogens (tertiary/aromatic N) is 2. The molecule has 0 aliphatic carbocycles. The summed E-state index contributed by atoms with van der Waals surface area (Å²) in [5.41, 5.74) is 4.46. The second kappa shape index (κ2) is 5.73. The molecule has 19 heavy (non-hydrogen) atoms. The van der Waals surface area contributed by atoms with Crippen molar-refractivity contribution < 1.29 is 13.2 Å². The second-order valence-corrected chi connectivity index (χ2v) is 5.44. The number of nitrogens with two attached hydrogens (primary N) is 1. The SMILES string of the molecule is CC(C)(C)C(CCN)Nc1ccc(C(F)(F)F)nn1. The molecule has 0 aromatic carbocycles. The lowest BCUT2D eigenvalue weighted by Crippen LogP contribution is -2.36. The summed E-state index contributed by atoms with van der Waals surface area (Å²) < 4.78 is 37.1. The molecule has 0 bridgehead atoms. The molecule has 7 heteroatoms. The number of aromatic nitrogens is 2. The van der Waals surface area contributed by atoms with Gasteiger partial charge in [0.15, 0.2) is 5.69 Å². The Hall–Kier alpha value is -1.37. The highest BCUT2D eigenvalue weighted by molar-refractivity contribution is 5.35. The molecule has 0 amide bonds. The largest absolute Gasteiger partial charge is 0.435 e. The second-order valence-electron chi connectivity index (χ2n) is 5.44. The van der Waals surface area contributed by atoms with E-state index in [-0.39, 0.29) is 11.5 Å². The zero-order chi connectivity index (χ0) is 14.7. The van der Waals surface area contributed by atoms with Crippen LogP contribution in [0.5, 0.6) is 0 Å². The van der Waals surface area contributed by atoms with Gasteiger partial charge in [0.2, 0.25) is 0 Å². The molecule has 3 N–H and O–H groups in total. The maximum absolute atomic E-state index is 12.4. The van der Waals surface area contributed by atoms with Gasteiger partial charge in [0.25, 0.3) is 0 Å². The first-order chi connectivity index (χ1) is 8.64. The van der Waals surface area contributed by atoms with E-state index in [0.717, 1.165) is 6.07 Å². The zero-order valence-electron chi connectivity index (χ0n) is 11.3. The summed E-state index contributed by atoms with van der Waals surface area (Å²) in [5, 5.41) is 9.81. The number of hydrogen-bond acceptors (Lipinski definition) is 4. The van der Waals surface area contributed by atoms with Crippen molar-refractivity contribution in [1.29, 1.82) is 0 Å². The van der Waals surface area contributed by atoms with Crippen LogP contribution >= 0.6 is 0 Å². The molecule has 1 unspecified atom stereocenters. The predicted molar refractivity (Wildman–Crippen MR) is 67.6 cm³/mol. The van der Waals surface area contributed by atoms with E-state index < -0.39 is 11.9 Å². The lowest BCUT2D eigenvalue weighted by molar-refractivity contribution is -0.141. The minimum Gasteiger partial charge on any atom is -0.365 e. The van der Waals surface area contributed by atoms with Crippen LogP contribution in [0.15, 0.2) is 12.1 Å². The monoisotopic (exact) mass is 276 g/mol. The minimum atomic E-state index is -4.47. The van der Waals surface area contributed by atoms with Crippen LogP contribution in [0.2, 0.25) is 0 Å². The van der Waals surface area contributed by atoms with E-state index in [1.807, 2.05) is 20.8 Å². The van der Waals surface area contributed by atoms with Crippen LogP contribution in [-0.2, 0) is 6.18 Å². The molecule has 1 heterocycles. The molecule has 0 aliphatic rings. The van der Waals surface area contributed by atoms with Crippen molar-refractivity contribution in [3.8, 4) is 0 Å². The Balaban J connectivity index is 2.81. The van der Waals surface area contributed by atoms with Gasteiger partial charge >= 0.3 is 6.18 Å². The highest BCUT2D eigenvalue weighted by Gasteiger charge is 2.33. The summed E-state index contributed by atoms with van der Waals surface area (Å²) in [4.78, 5) is 0. The number of anilines is 1. The Morgan fingerprint density at radius 2 is 1.84 bits per heavy atom. The van der Waals surface area contributed by atoms with Crippen LogP contribution < -0.4 is 11.1 Å². The molecule has 0 spiro atoms. The molecule has 1 atom stereocenters. The van der Waals surface area contributed by atoms with Gasteiger partial charge in [0.1, 0.15) is 5.82 Å². The fourth-order valence-corrected chi connectivity index (χ4v) is 1.63. The Morgan fingerprint density at radius 1 is 1.21 bits per heavy atom. The normalized spacial score (nSPS) is 14.3. The summed E-state index contributed by atoms with van der Waals surface area (Å²) >= 11 is 0. The highest BCUT2D eigenvalue weighted by atomic mass is 19.4. The van der Waals surface area contributed by atoms with Gasteiger partial charge in [-0.15, -0.1) is 10.2 Å². The number of hydrogen-bond donors (Lipinski definition) is 2. The van der Waals surface area contributed by atoms with Crippen LogP contribution in [0, 0.1) is 5.41 Å². The van der Waals surface area contributed by atoms with Gasteiger partial charge in [-0.2, -0.15) is 13.2 Å². The van der Waals surface area contributed by atoms with E-state index in [9.17, 15) is 13.2 Å². The van der Waals surface area contributed by atoms with Crippen LogP contribution in [0.3, 0.4) is 0 Å². The Bertz CT molecular complexity index is 395. The molecule has 4 nitrogen and oxygen atoms in total. The number of rotatable bonds is 4. The van der Waals surface area contributed by atoms with Gasteiger partial charge in [-0.25, -0.2) is 0 Å². The van der Waals surface area contributed by atoms with Crippen molar-refractivity contribution in [3.63, 3.8) is 0 Å². The van der Waals surface area contributed by atoms with Gasteiger partial charge in [-0.05, 0) is 30.5 Å². The van der Waals surface area contributed by atoms with E-state index >= 15 is 0 Å². The lowest BCUT2D eigenvalue weighted by Gasteiger charge is -2.31. The van der Waals surface area contributed by atoms with Crippen molar-refractivity contribution in [3.05, 3.63) is 17.8 Å². The molecule has 108 valence electrons. The standard InChI is InChI=1S/C12H19F3N4/c1-11(2,3)8(6-7-16)17-10-5-4-9(18-19-10)12(13,14)15/h4-5,8H,6-7,16H2,1-3H3,(H,17,19). The third-order valence-electron chi connectivity index (χ3n) is 2.78. The molecule has 0 aliphatic heterocycles. The van der Waals surface area contributed by atoms with Crippen molar-refractivity contribution in [2.75, 3.05) is 11.9 Å². The molecule has 0 fully saturated rings. The van der Waals surface area contributed by atoms with Gasteiger partial charge in [0, 0.05) is 6.04 Å². The molecular formula is C12H19F3N4. The molecule has 1 aromatic heterocycles. The topological polar surface area (TPSA) is 63.8 Å². The summed E-state index contributed by atoms with van der Waals surface area (Å²) in [5.74, 6) is 0.321. The third kappa shape index (κ3) is 4.66. The Labute approximate surface area is 110 Å². The van der Waals surface area contributed by atoms with E-state index in [0.29, 0.717) is 18.8 Å². The van der Waals surface area contributed by atoms with Crippen LogP contribution in [-0.4, -0.2) is 22.8 Å². The van der Waals surface area contributed by atoms with Crippen LogP contribution in [0.25, 0.3) is 0 Å². The maximum atomic E-state index is 12.4. The van der Waals surface area contributed by atoms with Crippen molar-refractivity contribution in [2.24, 2.45) is 11.1 Å². The van der Waals surface area contributed by atoms with Gasteiger partial charge < -0.3 is 11.1 Å². The Kier molecular flexibility index (Phi) is 4.73. The molecule has 0 saturated heterocycles. The fourth-order valence-electron chi connectivity index (χ4n) is 1.63. The summed E-state index contributed by atoms with van der Waals surface area (Å²) in [6, 6.07) is 2.21. The average molecular weight is 276 g/mol. The summed E-state index contributed by atoms with van der Waals surface area (Å²) in [7, 11) is 0. The van der Waals surface area contributed by atoms with E-state index in [1.165, 1.54) is 6.07 Å². The van der Waals surface area contributed by atoms with E-state index in [1.54, 1.807) is 0 Å². The lowest BCUT2D eigenvalue weighted by atomic mass is 9.85. The number of alkyl halides is 3. The quantitative estimate of drug-likeness (QED) is 0.887. The fraction of sp³-hybridized carbons (Fsp3) is 0.667. The first-order valence-corrected chi connectivity index (χ1v) is 6.02. The van der Waals surface area contributed by atoms with Crippen LogP contribution in [0.1, 0.15) is 32.9 Å². The molecule has 1 rings (SSSR count). The maximum Gasteiger partial charge on any atom is 0.435 e. The Morgan fingerprint density at radius 3 is 2.21 bits per heavy atom. The molecule has 1 aromatic rings. The summed E-state index contributed by atoms with van der Waals surface area (Å²) in [6.45, 7) is 6.57. The van der Waals surface area contributed by atoms with E-state index in [2.05, 4.69) is 15.5 Å². The smallest absolute Gasteiger partial charge is 0.365 e. The van der Waals surface area contributed by atoms with Gasteiger partial charge in [0.05, 0.1) is 0 Å². The van der Waals surface area contributed by atoms with Crippen molar-refractivity contribution in [1.82, 2.24) is 10.2 Å². The number of halogens is 3. The molecular weight excluding hydrogens is 257 g/mol. The van der Waals surface area contributed by atoms with E-state index in [4.69, 9.17) is 5.73 Å². The number of nitrogens with one attached hydrogen (secondary N) is 1. The first-order valence-electron chi connectivity index (χ1n) is 6.02. The summed E-state index contributed by atoms with van der Waals surface area (Å²) in [6.07, 6.45) is -3.77. The van der Waals surface area contributed by atoms with Crippen molar-refractivity contribution >= 4 is 5.82 Å². The zero-order valence-corrected chi connectivity index (χ0v) is 11.3. The molecule has 0 saturated carbocycles. The first kappa shape index (κ1) is 15.7. The van der Waals surface area contributed by atoms with Crippen molar-refractivity contribution in [2.45, 2.75) is 39.4 Å². The highest BCUT2D eigenvalue weighted by Crippen LogP contribution is 2.28. The van der Waals surface area contributed by atoms with Crippen LogP contribution in [0.4, 0.5) is 19.0 Å². The predicted octanol–water partition coefficient (Wildman–Crippen LogP) is 2.67. The average Bonchev–Trinajstić information content (AvgIpc) is 2.26.